The van der Waals surface area contributed by atoms with Crippen molar-refractivity contribution in [3.05, 3.63) is 66.0 Å². The predicted molar refractivity (Wildman–Crippen MR) is 100 cm³/mol. The van der Waals surface area contributed by atoms with Gasteiger partial charge in [0.15, 0.2) is 0 Å². The van der Waals surface area contributed by atoms with Gasteiger partial charge >= 0.3 is 0 Å². The summed E-state index contributed by atoms with van der Waals surface area (Å²) in [5.41, 5.74) is 1.93. The lowest BCUT2D eigenvalue weighted by Gasteiger charge is -2.18. The zero-order valence-electron chi connectivity index (χ0n) is 15.3. The van der Waals surface area contributed by atoms with E-state index in [4.69, 9.17) is 0 Å². The summed E-state index contributed by atoms with van der Waals surface area (Å²) in [6.07, 6.45) is 1.72. The molecule has 1 aliphatic heterocycles. The van der Waals surface area contributed by atoms with Crippen molar-refractivity contribution in [2.24, 2.45) is 11.8 Å². The molecule has 0 aliphatic carbocycles. The van der Waals surface area contributed by atoms with Crippen LogP contribution in [0.5, 0.6) is 0 Å². The zero-order chi connectivity index (χ0) is 18.5. The number of hydrogen-bond acceptors (Lipinski definition) is 3. The maximum atomic E-state index is 12.9. The second-order valence-corrected chi connectivity index (χ2v) is 7.06. The largest absolute Gasteiger partial charge is 0.350 e. The molecule has 0 unspecified atom stereocenters. The number of rotatable bonds is 5. The van der Waals surface area contributed by atoms with E-state index < -0.39 is 0 Å². The summed E-state index contributed by atoms with van der Waals surface area (Å²) in [7, 11) is 0. The lowest BCUT2D eigenvalue weighted by atomic mass is 9.88. The second kappa shape index (κ2) is 8.13. The molecule has 3 rings (SSSR count). The topological polar surface area (TPSA) is 62.3 Å². The van der Waals surface area contributed by atoms with Crippen molar-refractivity contribution in [3.8, 4) is 0 Å². The molecule has 1 aromatic heterocycles. The first kappa shape index (κ1) is 18.1. The van der Waals surface area contributed by atoms with Gasteiger partial charge in [-0.2, -0.15) is 0 Å². The summed E-state index contributed by atoms with van der Waals surface area (Å²) in [4.78, 5) is 31.4. The van der Waals surface area contributed by atoms with Gasteiger partial charge in [0.05, 0.1) is 18.2 Å². The molecule has 5 heteroatoms. The summed E-state index contributed by atoms with van der Waals surface area (Å²) >= 11 is 0. The quantitative estimate of drug-likeness (QED) is 0.901. The van der Waals surface area contributed by atoms with Gasteiger partial charge in [0, 0.05) is 31.1 Å². The fourth-order valence-electron chi connectivity index (χ4n) is 3.46. The fourth-order valence-corrected chi connectivity index (χ4v) is 3.46. The number of nitrogens with zero attached hydrogens (tertiary/aromatic N) is 2. The number of pyridine rings is 1. The monoisotopic (exact) mass is 351 g/mol. The van der Waals surface area contributed by atoms with E-state index in [2.05, 4.69) is 10.3 Å². The summed E-state index contributed by atoms with van der Waals surface area (Å²) in [6.45, 7) is 5.24. The maximum absolute atomic E-state index is 12.9. The van der Waals surface area contributed by atoms with Crippen molar-refractivity contribution < 1.29 is 9.59 Å². The highest BCUT2D eigenvalue weighted by molar-refractivity contribution is 5.84. The first-order valence-corrected chi connectivity index (χ1v) is 9.07. The number of aromatic nitrogens is 1. The van der Waals surface area contributed by atoms with Crippen molar-refractivity contribution in [3.63, 3.8) is 0 Å². The molecule has 1 aliphatic rings. The Kier molecular flexibility index (Phi) is 5.66. The van der Waals surface area contributed by atoms with Crippen molar-refractivity contribution in [1.29, 1.82) is 0 Å². The van der Waals surface area contributed by atoms with Crippen molar-refractivity contribution >= 4 is 11.8 Å². The molecular formula is C21H25N3O2. The third-order valence-corrected chi connectivity index (χ3v) is 4.86. The Labute approximate surface area is 154 Å². The molecule has 0 saturated carbocycles. The smallest absolute Gasteiger partial charge is 0.225 e. The Hall–Kier alpha value is -2.69. The van der Waals surface area contributed by atoms with E-state index >= 15 is 0 Å². The SMILES string of the molecule is CC(C)C(=O)N1C[C@H](c2ccccc2)[C@H](C(=O)NCc2ccccn2)C1. The van der Waals surface area contributed by atoms with E-state index in [1.54, 1.807) is 6.20 Å². The number of hydrogen-bond donors (Lipinski definition) is 1. The van der Waals surface area contributed by atoms with E-state index in [-0.39, 0.29) is 29.6 Å². The number of benzene rings is 1. The molecule has 136 valence electrons. The minimum absolute atomic E-state index is 0.0163. The van der Waals surface area contributed by atoms with E-state index in [1.807, 2.05) is 67.3 Å². The molecule has 0 radical (unpaired) electrons. The minimum atomic E-state index is -0.246. The highest BCUT2D eigenvalue weighted by atomic mass is 16.2. The predicted octanol–water partition coefficient (Wildman–Crippen LogP) is 2.60. The number of carbonyl (C=O) groups excluding carboxylic acids is 2. The highest BCUT2D eigenvalue weighted by Gasteiger charge is 2.40. The molecule has 26 heavy (non-hydrogen) atoms. The highest BCUT2D eigenvalue weighted by Crippen LogP contribution is 2.33. The van der Waals surface area contributed by atoms with Crippen LogP contribution in [0.4, 0.5) is 0 Å². The van der Waals surface area contributed by atoms with E-state index in [0.717, 1.165) is 11.3 Å². The lowest BCUT2D eigenvalue weighted by molar-refractivity contribution is -0.133. The number of likely N-dealkylation sites (tertiary alicyclic amines) is 1. The second-order valence-electron chi connectivity index (χ2n) is 7.06. The van der Waals surface area contributed by atoms with Crippen LogP contribution in [0.15, 0.2) is 54.7 Å². The number of nitrogens with one attached hydrogen (secondary N) is 1. The van der Waals surface area contributed by atoms with E-state index in [9.17, 15) is 9.59 Å². The summed E-state index contributed by atoms with van der Waals surface area (Å²) < 4.78 is 0. The van der Waals surface area contributed by atoms with Gasteiger partial charge < -0.3 is 10.2 Å². The van der Waals surface area contributed by atoms with Crippen LogP contribution in [0.25, 0.3) is 0 Å². The number of amides is 2. The molecule has 1 N–H and O–H groups in total. The molecule has 2 heterocycles. The van der Waals surface area contributed by atoms with Crippen molar-refractivity contribution in [1.82, 2.24) is 15.2 Å². The van der Waals surface area contributed by atoms with Crippen LogP contribution in [0, 0.1) is 11.8 Å². The van der Waals surface area contributed by atoms with Crippen LogP contribution >= 0.6 is 0 Å². The first-order valence-electron chi connectivity index (χ1n) is 9.07. The molecule has 1 fully saturated rings. The van der Waals surface area contributed by atoms with Crippen LogP contribution in [0.1, 0.15) is 31.0 Å². The molecule has 2 amide bonds. The van der Waals surface area contributed by atoms with Gasteiger partial charge in [0.1, 0.15) is 0 Å². The third-order valence-electron chi connectivity index (χ3n) is 4.86. The molecule has 5 nitrogen and oxygen atoms in total. The molecular weight excluding hydrogens is 326 g/mol. The Morgan fingerprint density at radius 2 is 1.85 bits per heavy atom. The molecule has 1 aromatic carbocycles. The minimum Gasteiger partial charge on any atom is -0.350 e. The third kappa shape index (κ3) is 4.10. The first-order chi connectivity index (χ1) is 12.6. The maximum Gasteiger partial charge on any atom is 0.225 e. The Morgan fingerprint density at radius 3 is 2.50 bits per heavy atom. The van der Waals surface area contributed by atoms with Crippen LogP contribution in [0.2, 0.25) is 0 Å². The Balaban J connectivity index is 1.75. The van der Waals surface area contributed by atoms with E-state index in [1.165, 1.54) is 0 Å². The number of carbonyl (C=O) groups is 2. The van der Waals surface area contributed by atoms with Crippen LogP contribution < -0.4 is 5.32 Å². The van der Waals surface area contributed by atoms with Crippen LogP contribution in [0.3, 0.4) is 0 Å². The van der Waals surface area contributed by atoms with Gasteiger partial charge in [-0.05, 0) is 17.7 Å². The van der Waals surface area contributed by atoms with Crippen LogP contribution in [-0.4, -0.2) is 34.8 Å². The summed E-state index contributed by atoms with van der Waals surface area (Å²) in [6, 6.07) is 15.6. The molecule has 1 saturated heterocycles. The zero-order valence-corrected chi connectivity index (χ0v) is 15.3. The molecule has 2 aromatic rings. The van der Waals surface area contributed by atoms with Gasteiger partial charge in [-0.25, -0.2) is 0 Å². The van der Waals surface area contributed by atoms with Crippen LogP contribution in [-0.2, 0) is 16.1 Å². The van der Waals surface area contributed by atoms with Gasteiger partial charge in [0.25, 0.3) is 0 Å². The standard InChI is InChI=1S/C21H25N3O2/c1-15(2)21(26)24-13-18(16-8-4-3-5-9-16)19(14-24)20(25)23-12-17-10-6-7-11-22-17/h3-11,15,18-19H,12-14H2,1-2H3,(H,23,25)/t18-,19-/m1/s1. The Morgan fingerprint density at radius 1 is 1.12 bits per heavy atom. The molecule has 2 atom stereocenters. The van der Waals surface area contributed by atoms with Gasteiger partial charge in [-0.3, -0.25) is 14.6 Å². The lowest BCUT2D eigenvalue weighted by Crippen LogP contribution is -2.36. The van der Waals surface area contributed by atoms with Gasteiger partial charge in [-0.1, -0.05) is 50.2 Å². The van der Waals surface area contributed by atoms with E-state index in [0.29, 0.717) is 19.6 Å². The fraction of sp³-hybridized carbons (Fsp3) is 0.381. The molecule has 0 spiro atoms. The Bertz CT molecular complexity index is 746. The van der Waals surface area contributed by atoms with Gasteiger partial charge in [0.2, 0.25) is 11.8 Å². The normalized spacial score (nSPS) is 19.6. The molecule has 0 bridgehead atoms. The summed E-state index contributed by atoms with van der Waals surface area (Å²) in [5, 5.41) is 2.99. The van der Waals surface area contributed by atoms with Crippen molar-refractivity contribution in [2.45, 2.75) is 26.3 Å². The van der Waals surface area contributed by atoms with Gasteiger partial charge in [-0.15, -0.1) is 0 Å². The summed E-state index contributed by atoms with van der Waals surface area (Å²) in [5.74, 6) is -0.220. The average Bonchev–Trinajstić information content (AvgIpc) is 3.12. The van der Waals surface area contributed by atoms with Crippen molar-refractivity contribution in [2.75, 3.05) is 13.1 Å². The average molecular weight is 351 g/mol.